The molecule has 0 aliphatic carbocycles. The lowest BCUT2D eigenvalue weighted by atomic mass is 10.1. The third-order valence-electron chi connectivity index (χ3n) is 4.41. The van der Waals surface area contributed by atoms with E-state index in [0.717, 1.165) is 17.7 Å². The van der Waals surface area contributed by atoms with Crippen molar-refractivity contribution in [1.82, 2.24) is 14.7 Å². The SMILES string of the molecule is NC(=O)[C@@H]1C[C@@H](O)CN1Cc1cnn(Cc2ccc(C(F)(F)F)cc2)c1. The molecule has 140 valence electrons. The van der Waals surface area contributed by atoms with Crippen LogP contribution < -0.4 is 5.73 Å². The molecule has 6 nitrogen and oxygen atoms in total. The van der Waals surface area contributed by atoms with E-state index in [0.29, 0.717) is 31.6 Å². The number of likely N-dealkylation sites (tertiary alicyclic amines) is 1. The molecule has 26 heavy (non-hydrogen) atoms. The normalized spacial score (nSPS) is 21.2. The van der Waals surface area contributed by atoms with Gasteiger partial charge in [-0.2, -0.15) is 18.3 Å². The van der Waals surface area contributed by atoms with E-state index in [2.05, 4.69) is 5.10 Å². The molecule has 0 spiro atoms. The lowest BCUT2D eigenvalue weighted by Gasteiger charge is -2.20. The minimum Gasteiger partial charge on any atom is -0.392 e. The predicted octanol–water partition coefficient (Wildman–Crippen LogP) is 1.37. The highest BCUT2D eigenvalue weighted by atomic mass is 19.4. The smallest absolute Gasteiger partial charge is 0.392 e. The summed E-state index contributed by atoms with van der Waals surface area (Å²) in [7, 11) is 0. The van der Waals surface area contributed by atoms with Crippen molar-refractivity contribution in [2.75, 3.05) is 6.54 Å². The third kappa shape index (κ3) is 4.23. The number of carbonyl (C=O) groups excluding carboxylic acids is 1. The number of aliphatic hydroxyl groups excluding tert-OH is 1. The van der Waals surface area contributed by atoms with Crippen molar-refractivity contribution in [1.29, 1.82) is 0 Å². The maximum Gasteiger partial charge on any atom is 0.416 e. The standard InChI is InChI=1S/C17H19F3N4O2/c18-17(19,20)13-3-1-11(2-4-13)8-24-9-12(6-22-24)7-23-10-14(25)5-15(23)16(21)26/h1-4,6,9,14-15,25H,5,7-8,10H2,(H2,21,26)/t14-,15+/m1/s1. The van der Waals surface area contributed by atoms with Crippen molar-refractivity contribution >= 4 is 5.91 Å². The molecular weight excluding hydrogens is 349 g/mol. The first-order valence-corrected chi connectivity index (χ1v) is 8.11. The van der Waals surface area contributed by atoms with Gasteiger partial charge in [0.05, 0.1) is 30.5 Å². The molecule has 1 saturated heterocycles. The molecule has 2 atom stereocenters. The maximum atomic E-state index is 12.6. The van der Waals surface area contributed by atoms with Gasteiger partial charge in [-0.3, -0.25) is 14.4 Å². The van der Waals surface area contributed by atoms with Gasteiger partial charge in [-0.15, -0.1) is 0 Å². The van der Waals surface area contributed by atoms with Crippen LogP contribution >= 0.6 is 0 Å². The number of nitrogens with two attached hydrogens (primary N) is 1. The van der Waals surface area contributed by atoms with Crippen molar-refractivity contribution in [2.45, 2.75) is 37.8 Å². The predicted molar refractivity (Wildman–Crippen MR) is 86.8 cm³/mol. The first-order chi connectivity index (χ1) is 12.2. The first kappa shape index (κ1) is 18.4. The van der Waals surface area contributed by atoms with Crippen molar-refractivity contribution in [3.63, 3.8) is 0 Å². The highest BCUT2D eigenvalue weighted by molar-refractivity contribution is 5.80. The number of carbonyl (C=O) groups is 1. The van der Waals surface area contributed by atoms with Gasteiger partial charge in [0, 0.05) is 24.8 Å². The highest BCUT2D eigenvalue weighted by Crippen LogP contribution is 2.29. The van der Waals surface area contributed by atoms with Crippen molar-refractivity contribution in [2.24, 2.45) is 5.73 Å². The van der Waals surface area contributed by atoms with Crippen LogP contribution in [0.5, 0.6) is 0 Å². The molecule has 1 aromatic carbocycles. The summed E-state index contributed by atoms with van der Waals surface area (Å²) in [6, 6.07) is 4.42. The number of primary amides is 1. The zero-order valence-corrected chi connectivity index (χ0v) is 13.9. The number of hydrogen-bond donors (Lipinski definition) is 2. The second kappa shape index (κ2) is 7.08. The summed E-state index contributed by atoms with van der Waals surface area (Å²) in [4.78, 5) is 13.3. The Kier molecular flexibility index (Phi) is 5.01. The van der Waals surface area contributed by atoms with Gasteiger partial charge in [-0.05, 0) is 24.1 Å². The number of halogens is 3. The molecule has 0 unspecified atom stereocenters. The highest BCUT2D eigenvalue weighted by Gasteiger charge is 2.34. The quantitative estimate of drug-likeness (QED) is 0.835. The van der Waals surface area contributed by atoms with Crippen molar-refractivity contribution in [3.05, 3.63) is 53.3 Å². The largest absolute Gasteiger partial charge is 0.416 e. The number of rotatable bonds is 5. The minimum atomic E-state index is -4.35. The third-order valence-corrected chi connectivity index (χ3v) is 4.41. The molecule has 1 amide bonds. The van der Waals surface area contributed by atoms with E-state index >= 15 is 0 Å². The van der Waals surface area contributed by atoms with Crippen LogP contribution in [0.25, 0.3) is 0 Å². The Labute approximate surface area is 148 Å². The number of benzene rings is 1. The van der Waals surface area contributed by atoms with Crippen LogP contribution in [0.3, 0.4) is 0 Å². The average molecular weight is 368 g/mol. The number of aliphatic hydroxyl groups is 1. The fourth-order valence-corrected chi connectivity index (χ4v) is 3.15. The Balaban J connectivity index is 1.64. The molecule has 2 aromatic rings. The topological polar surface area (TPSA) is 84.4 Å². The molecule has 2 heterocycles. The zero-order valence-electron chi connectivity index (χ0n) is 13.9. The van der Waals surface area contributed by atoms with Gasteiger partial charge in [-0.25, -0.2) is 0 Å². The van der Waals surface area contributed by atoms with Crippen LogP contribution in [0.1, 0.15) is 23.1 Å². The fourth-order valence-electron chi connectivity index (χ4n) is 3.15. The molecule has 1 aromatic heterocycles. The minimum absolute atomic E-state index is 0.315. The second-order valence-electron chi connectivity index (χ2n) is 6.48. The van der Waals surface area contributed by atoms with E-state index in [1.54, 1.807) is 22.0 Å². The molecule has 3 rings (SSSR count). The Morgan fingerprint density at radius 2 is 1.92 bits per heavy atom. The summed E-state index contributed by atoms with van der Waals surface area (Å²) in [6.45, 7) is 1.11. The van der Waals surface area contributed by atoms with Crippen molar-refractivity contribution in [3.8, 4) is 0 Å². The molecule has 9 heteroatoms. The van der Waals surface area contributed by atoms with Crippen LogP contribution in [0.4, 0.5) is 13.2 Å². The first-order valence-electron chi connectivity index (χ1n) is 8.11. The molecule has 0 saturated carbocycles. The van der Waals surface area contributed by atoms with E-state index in [4.69, 9.17) is 5.73 Å². The summed E-state index contributed by atoms with van der Waals surface area (Å²) in [5.74, 6) is -0.473. The van der Waals surface area contributed by atoms with E-state index in [1.165, 1.54) is 12.1 Å². The molecule has 1 aliphatic rings. The van der Waals surface area contributed by atoms with Gasteiger partial charge in [0.2, 0.25) is 5.91 Å². The summed E-state index contributed by atoms with van der Waals surface area (Å²) in [5.41, 5.74) is 6.20. The number of β-amino-alcohol motifs (C(OH)–C–C–N with tert-alkyl or cyclic N) is 1. The van der Waals surface area contributed by atoms with Gasteiger partial charge < -0.3 is 10.8 Å². The molecule has 1 fully saturated rings. The number of aromatic nitrogens is 2. The lowest BCUT2D eigenvalue weighted by molar-refractivity contribution is -0.137. The summed E-state index contributed by atoms with van der Waals surface area (Å²) >= 11 is 0. The lowest BCUT2D eigenvalue weighted by Crippen LogP contribution is -2.39. The summed E-state index contributed by atoms with van der Waals surface area (Å²) in [5, 5.41) is 13.9. The zero-order chi connectivity index (χ0) is 18.9. The van der Waals surface area contributed by atoms with Gasteiger partial charge in [0.25, 0.3) is 0 Å². The average Bonchev–Trinajstić information content (AvgIpc) is 3.14. The number of hydrogen-bond acceptors (Lipinski definition) is 4. The summed E-state index contributed by atoms with van der Waals surface area (Å²) < 4.78 is 39.4. The Morgan fingerprint density at radius 3 is 2.54 bits per heavy atom. The molecule has 0 radical (unpaired) electrons. The van der Waals surface area contributed by atoms with Crippen LogP contribution in [0.15, 0.2) is 36.7 Å². The monoisotopic (exact) mass is 368 g/mol. The Morgan fingerprint density at radius 1 is 1.23 bits per heavy atom. The van der Waals surface area contributed by atoms with E-state index < -0.39 is 29.8 Å². The van der Waals surface area contributed by atoms with Gasteiger partial charge in [0.15, 0.2) is 0 Å². The molecular formula is C17H19F3N4O2. The van der Waals surface area contributed by atoms with Crippen LogP contribution in [-0.4, -0.2) is 44.4 Å². The molecule has 1 aliphatic heterocycles. The number of amides is 1. The van der Waals surface area contributed by atoms with Crippen LogP contribution in [0.2, 0.25) is 0 Å². The Hall–Kier alpha value is -2.39. The molecule has 0 bridgehead atoms. The van der Waals surface area contributed by atoms with Crippen LogP contribution in [0, 0.1) is 0 Å². The van der Waals surface area contributed by atoms with Gasteiger partial charge in [0.1, 0.15) is 0 Å². The second-order valence-corrected chi connectivity index (χ2v) is 6.48. The molecule has 3 N–H and O–H groups in total. The van der Waals surface area contributed by atoms with E-state index in [-0.39, 0.29) is 0 Å². The maximum absolute atomic E-state index is 12.6. The van der Waals surface area contributed by atoms with E-state index in [1.807, 2.05) is 0 Å². The van der Waals surface area contributed by atoms with Gasteiger partial charge in [-0.1, -0.05) is 12.1 Å². The van der Waals surface area contributed by atoms with E-state index in [9.17, 15) is 23.1 Å². The fraction of sp³-hybridized carbons (Fsp3) is 0.412. The van der Waals surface area contributed by atoms with Gasteiger partial charge >= 0.3 is 6.18 Å². The number of alkyl halides is 3. The summed E-state index contributed by atoms with van der Waals surface area (Å²) in [6.07, 6.45) is -1.23. The Bertz CT molecular complexity index is 773. The number of nitrogens with zero attached hydrogens (tertiary/aromatic N) is 3. The van der Waals surface area contributed by atoms with Crippen molar-refractivity contribution < 1.29 is 23.1 Å². The van der Waals surface area contributed by atoms with Crippen LogP contribution in [-0.2, 0) is 24.1 Å².